The Morgan fingerprint density at radius 3 is 2.15 bits per heavy atom. The second-order valence-electron chi connectivity index (χ2n) is 4.50. The van der Waals surface area contributed by atoms with Crippen molar-refractivity contribution in [1.29, 1.82) is 0 Å². The first-order valence-electron chi connectivity index (χ1n) is 7.03. The van der Waals surface area contributed by atoms with Gasteiger partial charge in [0.1, 0.15) is 0 Å². The summed E-state index contributed by atoms with van der Waals surface area (Å²) in [6, 6.07) is 12.2. The van der Waals surface area contributed by atoms with Gasteiger partial charge in [-0.25, -0.2) is 0 Å². The summed E-state index contributed by atoms with van der Waals surface area (Å²) in [5, 5.41) is 3.46. The molecular weight excluding hydrogens is 266 g/mol. The molecule has 0 saturated carbocycles. The number of hydrogen-bond acceptors (Lipinski definition) is 4. The van der Waals surface area contributed by atoms with Gasteiger partial charge in [-0.1, -0.05) is 12.1 Å². The third-order valence-electron chi connectivity index (χ3n) is 2.94. The fourth-order valence-corrected chi connectivity index (χ4v) is 2.70. The molecule has 0 amide bonds. The molecule has 0 bridgehead atoms. The van der Waals surface area contributed by atoms with Crippen LogP contribution in [-0.4, -0.2) is 34.6 Å². The van der Waals surface area contributed by atoms with Crippen molar-refractivity contribution in [2.24, 2.45) is 0 Å². The molecule has 0 unspecified atom stereocenters. The van der Waals surface area contributed by atoms with Gasteiger partial charge in [-0.05, 0) is 36.4 Å². The van der Waals surface area contributed by atoms with Gasteiger partial charge in [0.05, 0.1) is 0 Å². The number of nitrogens with one attached hydrogen (secondary N) is 1. The highest BCUT2D eigenvalue weighted by atomic mass is 32.2. The Kier molecular flexibility index (Phi) is 7.13. The maximum absolute atomic E-state index is 4.32. The third-order valence-corrected chi connectivity index (χ3v) is 3.92. The Labute approximate surface area is 125 Å². The van der Waals surface area contributed by atoms with Gasteiger partial charge in [0.15, 0.2) is 0 Å². The van der Waals surface area contributed by atoms with Crippen LogP contribution in [0.4, 0.5) is 0 Å². The minimum Gasteiger partial charge on any atom is -0.316 e. The average molecular weight is 287 g/mol. The highest BCUT2D eigenvalue weighted by molar-refractivity contribution is 7.99. The predicted octanol–water partition coefficient (Wildman–Crippen LogP) is 2.58. The molecule has 0 radical (unpaired) electrons. The van der Waals surface area contributed by atoms with Gasteiger partial charge < -0.3 is 5.32 Å². The van der Waals surface area contributed by atoms with Gasteiger partial charge >= 0.3 is 0 Å². The van der Waals surface area contributed by atoms with E-state index in [-0.39, 0.29) is 0 Å². The first kappa shape index (κ1) is 15.0. The second kappa shape index (κ2) is 9.50. The van der Waals surface area contributed by atoms with Crippen molar-refractivity contribution in [3.63, 3.8) is 0 Å². The van der Waals surface area contributed by atoms with E-state index < -0.39 is 0 Å². The van der Waals surface area contributed by atoms with Crippen molar-refractivity contribution in [1.82, 2.24) is 15.3 Å². The molecule has 0 aliphatic carbocycles. The molecule has 1 N–H and O–H groups in total. The van der Waals surface area contributed by atoms with Gasteiger partial charge in [-0.2, -0.15) is 11.8 Å². The number of aromatic nitrogens is 2. The van der Waals surface area contributed by atoms with Crippen molar-refractivity contribution < 1.29 is 0 Å². The summed E-state index contributed by atoms with van der Waals surface area (Å²) in [5.74, 6) is 2.29. The van der Waals surface area contributed by atoms with E-state index in [0.29, 0.717) is 0 Å². The summed E-state index contributed by atoms with van der Waals surface area (Å²) >= 11 is 1.98. The molecule has 0 atom stereocenters. The average Bonchev–Trinajstić information content (AvgIpc) is 2.52. The number of pyridine rings is 2. The zero-order valence-corrected chi connectivity index (χ0v) is 12.5. The van der Waals surface area contributed by atoms with Crippen LogP contribution < -0.4 is 5.32 Å². The SMILES string of the molecule is c1ccc(CCNCCSCCc2ccccn2)nc1. The Balaban J connectivity index is 1.44. The van der Waals surface area contributed by atoms with E-state index in [2.05, 4.69) is 27.4 Å². The largest absolute Gasteiger partial charge is 0.316 e. The van der Waals surface area contributed by atoms with E-state index in [9.17, 15) is 0 Å². The van der Waals surface area contributed by atoms with Crippen LogP contribution in [0.25, 0.3) is 0 Å². The van der Waals surface area contributed by atoms with E-state index in [1.807, 2.05) is 48.4 Å². The number of nitrogens with zero attached hydrogens (tertiary/aromatic N) is 2. The Bertz CT molecular complexity index is 416. The maximum Gasteiger partial charge on any atom is 0.0416 e. The van der Waals surface area contributed by atoms with Gasteiger partial charge in [0.2, 0.25) is 0 Å². The smallest absolute Gasteiger partial charge is 0.0416 e. The monoisotopic (exact) mass is 287 g/mol. The van der Waals surface area contributed by atoms with E-state index in [0.717, 1.165) is 43.1 Å². The number of thioether (sulfide) groups is 1. The van der Waals surface area contributed by atoms with Crippen molar-refractivity contribution >= 4 is 11.8 Å². The number of rotatable bonds is 9. The van der Waals surface area contributed by atoms with Crippen LogP contribution in [-0.2, 0) is 12.8 Å². The molecule has 0 aromatic carbocycles. The number of hydrogen-bond donors (Lipinski definition) is 1. The van der Waals surface area contributed by atoms with Crippen molar-refractivity contribution in [3.8, 4) is 0 Å². The molecular formula is C16H21N3S. The normalized spacial score (nSPS) is 10.6. The van der Waals surface area contributed by atoms with Gasteiger partial charge in [0, 0.05) is 49.0 Å². The minimum atomic E-state index is 0.998. The van der Waals surface area contributed by atoms with Crippen LogP contribution in [0.1, 0.15) is 11.4 Å². The highest BCUT2D eigenvalue weighted by Crippen LogP contribution is 2.03. The molecule has 0 aliphatic rings. The zero-order chi connectivity index (χ0) is 13.9. The topological polar surface area (TPSA) is 37.8 Å². The molecule has 2 rings (SSSR count). The fraction of sp³-hybridized carbons (Fsp3) is 0.375. The van der Waals surface area contributed by atoms with E-state index in [1.165, 1.54) is 5.69 Å². The molecule has 20 heavy (non-hydrogen) atoms. The standard InChI is InChI=1S/C16H21N3S/c1-3-9-18-15(5-1)7-11-17-12-14-20-13-8-16-6-2-4-10-19-16/h1-6,9-10,17H,7-8,11-14H2. The third kappa shape index (κ3) is 6.17. The van der Waals surface area contributed by atoms with Gasteiger partial charge in [-0.3, -0.25) is 9.97 Å². The second-order valence-corrected chi connectivity index (χ2v) is 5.73. The van der Waals surface area contributed by atoms with Gasteiger partial charge in [0.25, 0.3) is 0 Å². The first-order valence-corrected chi connectivity index (χ1v) is 8.19. The van der Waals surface area contributed by atoms with Crippen molar-refractivity contribution in [2.45, 2.75) is 12.8 Å². The lowest BCUT2D eigenvalue weighted by molar-refractivity contribution is 0.712. The van der Waals surface area contributed by atoms with Crippen LogP contribution >= 0.6 is 11.8 Å². The predicted molar refractivity (Wildman–Crippen MR) is 86.1 cm³/mol. The first-order chi connectivity index (χ1) is 9.95. The summed E-state index contributed by atoms with van der Waals surface area (Å²) in [7, 11) is 0. The van der Waals surface area contributed by atoms with E-state index in [4.69, 9.17) is 0 Å². The van der Waals surface area contributed by atoms with Crippen LogP contribution in [0.2, 0.25) is 0 Å². The molecule has 2 aromatic rings. The quantitative estimate of drug-likeness (QED) is 0.719. The molecule has 0 fully saturated rings. The summed E-state index contributed by atoms with van der Waals surface area (Å²) in [6.07, 6.45) is 5.76. The van der Waals surface area contributed by atoms with Crippen LogP contribution in [0.5, 0.6) is 0 Å². The number of aryl methyl sites for hydroxylation is 1. The van der Waals surface area contributed by atoms with E-state index >= 15 is 0 Å². The molecule has 106 valence electrons. The van der Waals surface area contributed by atoms with E-state index in [1.54, 1.807) is 0 Å². The van der Waals surface area contributed by atoms with Gasteiger partial charge in [-0.15, -0.1) is 0 Å². The minimum absolute atomic E-state index is 0.998. The molecule has 4 heteroatoms. The lowest BCUT2D eigenvalue weighted by Gasteiger charge is -2.04. The summed E-state index contributed by atoms with van der Waals surface area (Å²) in [6.45, 7) is 2.05. The van der Waals surface area contributed by atoms with Crippen LogP contribution in [0.15, 0.2) is 48.8 Å². The summed E-state index contributed by atoms with van der Waals surface area (Å²) in [4.78, 5) is 8.63. The Morgan fingerprint density at radius 1 is 0.800 bits per heavy atom. The van der Waals surface area contributed by atoms with Crippen molar-refractivity contribution in [3.05, 3.63) is 60.2 Å². The highest BCUT2D eigenvalue weighted by Gasteiger charge is 1.95. The summed E-state index contributed by atoms with van der Waals surface area (Å²) in [5.41, 5.74) is 2.34. The lowest BCUT2D eigenvalue weighted by Crippen LogP contribution is -2.20. The maximum atomic E-state index is 4.32. The Hall–Kier alpha value is -1.39. The van der Waals surface area contributed by atoms with Crippen molar-refractivity contribution in [2.75, 3.05) is 24.6 Å². The molecule has 2 aromatic heterocycles. The van der Waals surface area contributed by atoms with Crippen LogP contribution in [0.3, 0.4) is 0 Å². The Morgan fingerprint density at radius 2 is 1.50 bits per heavy atom. The molecule has 3 nitrogen and oxygen atoms in total. The molecule has 2 heterocycles. The molecule has 0 spiro atoms. The molecule has 0 aliphatic heterocycles. The summed E-state index contributed by atoms with van der Waals surface area (Å²) < 4.78 is 0. The van der Waals surface area contributed by atoms with Crippen LogP contribution in [0, 0.1) is 0 Å². The zero-order valence-electron chi connectivity index (χ0n) is 11.7. The fourth-order valence-electron chi connectivity index (χ4n) is 1.86. The molecule has 0 saturated heterocycles. The lowest BCUT2D eigenvalue weighted by atomic mass is 10.3.